The van der Waals surface area contributed by atoms with E-state index in [1.165, 1.54) is 0 Å². The van der Waals surface area contributed by atoms with E-state index in [4.69, 9.17) is 5.11 Å². The average Bonchev–Trinajstić information content (AvgIpc) is 2.45. The maximum Gasteiger partial charge on any atom is 0.303 e. The Kier molecular flexibility index (Phi) is 4.45. The molecule has 0 atom stereocenters. The monoisotopic (exact) mass is 253 g/mol. The Balaban J connectivity index is 2.31. The molecule has 1 heterocycles. The van der Waals surface area contributed by atoms with Crippen molar-refractivity contribution in [2.45, 2.75) is 12.8 Å². The van der Waals surface area contributed by atoms with Gasteiger partial charge >= 0.3 is 5.97 Å². The molecule has 1 aromatic heterocycles. The van der Waals surface area contributed by atoms with Crippen LogP contribution in [0.5, 0.6) is 0 Å². The van der Waals surface area contributed by atoms with Crippen LogP contribution in [0.25, 0.3) is 5.57 Å². The van der Waals surface area contributed by atoms with Gasteiger partial charge in [-0.2, -0.15) is 0 Å². The fraction of sp³-hybridized carbons (Fsp3) is 0.125. The lowest BCUT2D eigenvalue weighted by atomic mass is 9.98. The zero-order valence-corrected chi connectivity index (χ0v) is 10.5. The average molecular weight is 253 g/mol. The van der Waals surface area contributed by atoms with Crippen molar-refractivity contribution in [3.8, 4) is 0 Å². The zero-order chi connectivity index (χ0) is 13.5. The first-order valence-corrected chi connectivity index (χ1v) is 6.15. The molecule has 0 saturated heterocycles. The molecule has 0 amide bonds. The summed E-state index contributed by atoms with van der Waals surface area (Å²) in [6, 6.07) is 13.8. The van der Waals surface area contributed by atoms with Gasteiger partial charge in [0.1, 0.15) is 0 Å². The van der Waals surface area contributed by atoms with Crippen LogP contribution in [0.2, 0.25) is 0 Å². The summed E-state index contributed by atoms with van der Waals surface area (Å²) in [6.45, 7) is 0. The van der Waals surface area contributed by atoms with Crippen LogP contribution < -0.4 is 0 Å². The van der Waals surface area contributed by atoms with Crippen LogP contribution in [-0.4, -0.2) is 16.1 Å². The SMILES string of the molecule is O=C(O)CC/C=C(/c1ccccc1)c1cccnc1. The first-order chi connectivity index (χ1) is 9.27. The molecule has 3 nitrogen and oxygen atoms in total. The Morgan fingerprint density at radius 1 is 1.11 bits per heavy atom. The Morgan fingerprint density at radius 2 is 1.84 bits per heavy atom. The number of hydrogen-bond donors (Lipinski definition) is 1. The third kappa shape index (κ3) is 3.78. The van der Waals surface area contributed by atoms with E-state index >= 15 is 0 Å². The number of allylic oxidation sites excluding steroid dienone is 1. The number of carbonyl (C=O) groups is 1. The summed E-state index contributed by atoms with van der Waals surface area (Å²) >= 11 is 0. The molecular weight excluding hydrogens is 238 g/mol. The second kappa shape index (κ2) is 6.50. The molecular formula is C16H15NO2. The number of carboxylic acid groups (broad SMARTS) is 1. The van der Waals surface area contributed by atoms with Crippen molar-refractivity contribution in [3.63, 3.8) is 0 Å². The van der Waals surface area contributed by atoms with Crippen molar-refractivity contribution in [2.75, 3.05) is 0 Å². The van der Waals surface area contributed by atoms with Crippen LogP contribution in [0.3, 0.4) is 0 Å². The van der Waals surface area contributed by atoms with E-state index in [0.717, 1.165) is 16.7 Å². The van der Waals surface area contributed by atoms with Crippen LogP contribution in [0, 0.1) is 0 Å². The van der Waals surface area contributed by atoms with Crippen LogP contribution in [0.4, 0.5) is 0 Å². The fourth-order valence-electron chi connectivity index (χ4n) is 1.88. The molecule has 3 heteroatoms. The Hall–Kier alpha value is -2.42. The highest BCUT2D eigenvalue weighted by molar-refractivity contribution is 5.79. The van der Waals surface area contributed by atoms with Gasteiger partial charge in [-0.15, -0.1) is 0 Å². The van der Waals surface area contributed by atoms with Crippen molar-refractivity contribution >= 4 is 11.5 Å². The van der Waals surface area contributed by atoms with Crippen LogP contribution in [0.15, 0.2) is 60.9 Å². The third-order valence-electron chi connectivity index (χ3n) is 2.76. The second-order valence-corrected chi connectivity index (χ2v) is 4.16. The highest BCUT2D eigenvalue weighted by Crippen LogP contribution is 2.23. The number of aromatic nitrogens is 1. The minimum Gasteiger partial charge on any atom is -0.481 e. The topological polar surface area (TPSA) is 50.2 Å². The molecule has 0 unspecified atom stereocenters. The zero-order valence-electron chi connectivity index (χ0n) is 10.5. The molecule has 19 heavy (non-hydrogen) atoms. The lowest BCUT2D eigenvalue weighted by molar-refractivity contribution is -0.136. The molecule has 0 aliphatic carbocycles. The van der Waals surface area contributed by atoms with Crippen molar-refractivity contribution < 1.29 is 9.90 Å². The van der Waals surface area contributed by atoms with Gasteiger partial charge in [-0.05, 0) is 23.6 Å². The van der Waals surface area contributed by atoms with Crippen molar-refractivity contribution in [2.24, 2.45) is 0 Å². The molecule has 0 bridgehead atoms. The normalized spacial score (nSPS) is 11.3. The van der Waals surface area contributed by atoms with E-state index in [-0.39, 0.29) is 6.42 Å². The molecule has 0 aliphatic heterocycles. The Morgan fingerprint density at radius 3 is 2.47 bits per heavy atom. The van der Waals surface area contributed by atoms with Crippen molar-refractivity contribution in [1.82, 2.24) is 4.98 Å². The quantitative estimate of drug-likeness (QED) is 0.888. The largest absolute Gasteiger partial charge is 0.481 e. The summed E-state index contributed by atoms with van der Waals surface area (Å²) in [6.07, 6.45) is 6.12. The molecule has 1 N–H and O–H groups in total. The first-order valence-electron chi connectivity index (χ1n) is 6.15. The summed E-state index contributed by atoms with van der Waals surface area (Å²) in [5, 5.41) is 8.73. The summed E-state index contributed by atoms with van der Waals surface area (Å²) in [7, 11) is 0. The molecule has 0 aliphatic rings. The van der Waals surface area contributed by atoms with E-state index in [1.54, 1.807) is 12.4 Å². The van der Waals surface area contributed by atoms with Crippen LogP contribution >= 0.6 is 0 Å². The Bertz CT molecular complexity index is 520. The highest BCUT2D eigenvalue weighted by atomic mass is 16.4. The second-order valence-electron chi connectivity index (χ2n) is 4.16. The summed E-state index contributed by atoms with van der Waals surface area (Å²) in [4.78, 5) is 14.7. The molecule has 0 spiro atoms. The minimum absolute atomic E-state index is 0.136. The minimum atomic E-state index is -0.783. The van der Waals surface area contributed by atoms with Gasteiger partial charge in [-0.3, -0.25) is 9.78 Å². The van der Waals surface area contributed by atoms with Crippen molar-refractivity contribution in [1.29, 1.82) is 0 Å². The van der Waals surface area contributed by atoms with E-state index in [2.05, 4.69) is 4.98 Å². The molecule has 0 fully saturated rings. The number of carboxylic acids is 1. The summed E-state index contributed by atoms with van der Waals surface area (Å²) in [5.74, 6) is -0.783. The summed E-state index contributed by atoms with van der Waals surface area (Å²) < 4.78 is 0. The van der Waals surface area contributed by atoms with Gasteiger partial charge in [-0.25, -0.2) is 0 Å². The number of aliphatic carboxylic acids is 1. The van der Waals surface area contributed by atoms with Gasteiger partial charge in [0, 0.05) is 24.4 Å². The van der Waals surface area contributed by atoms with Crippen LogP contribution in [-0.2, 0) is 4.79 Å². The molecule has 0 radical (unpaired) electrons. The standard InChI is InChI=1S/C16H15NO2/c18-16(19)10-4-9-15(13-6-2-1-3-7-13)14-8-5-11-17-12-14/h1-3,5-9,11-12H,4,10H2,(H,18,19)/b15-9-. The molecule has 1 aromatic carbocycles. The molecule has 96 valence electrons. The number of hydrogen-bond acceptors (Lipinski definition) is 2. The van der Waals surface area contributed by atoms with Gasteiger partial charge in [0.2, 0.25) is 0 Å². The lowest BCUT2D eigenvalue weighted by Gasteiger charge is -2.07. The summed E-state index contributed by atoms with van der Waals surface area (Å²) in [5.41, 5.74) is 3.09. The van der Waals surface area contributed by atoms with Crippen molar-refractivity contribution in [3.05, 3.63) is 72.1 Å². The predicted molar refractivity (Wildman–Crippen MR) is 74.6 cm³/mol. The highest BCUT2D eigenvalue weighted by Gasteiger charge is 2.05. The number of pyridine rings is 1. The van der Waals surface area contributed by atoms with Gasteiger partial charge in [0.25, 0.3) is 0 Å². The Labute approximate surface area is 112 Å². The maximum atomic E-state index is 10.6. The first kappa shape index (κ1) is 13.0. The molecule has 0 saturated carbocycles. The number of rotatable bonds is 5. The fourth-order valence-corrected chi connectivity index (χ4v) is 1.88. The maximum absolute atomic E-state index is 10.6. The lowest BCUT2D eigenvalue weighted by Crippen LogP contribution is -1.94. The molecule has 2 aromatic rings. The smallest absolute Gasteiger partial charge is 0.303 e. The number of benzene rings is 1. The van der Waals surface area contributed by atoms with E-state index in [9.17, 15) is 4.79 Å². The van der Waals surface area contributed by atoms with E-state index < -0.39 is 5.97 Å². The van der Waals surface area contributed by atoms with Gasteiger partial charge in [0.05, 0.1) is 0 Å². The van der Waals surface area contributed by atoms with Gasteiger partial charge in [0.15, 0.2) is 0 Å². The third-order valence-corrected chi connectivity index (χ3v) is 2.76. The number of nitrogens with zero attached hydrogens (tertiary/aromatic N) is 1. The predicted octanol–water partition coefficient (Wildman–Crippen LogP) is 3.38. The van der Waals surface area contributed by atoms with E-state index in [1.807, 2.05) is 48.5 Å². The van der Waals surface area contributed by atoms with Gasteiger partial charge < -0.3 is 5.11 Å². The van der Waals surface area contributed by atoms with Gasteiger partial charge in [-0.1, -0.05) is 42.5 Å². The van der Waals surface area contributed by atoms with Crippen LogP contribution in [0.1, 0.15) is 24.0 Å². The van der Waals surface area contributed by atoms with E-state index in [0.29, 0.717) is 6.42 Å². The molecule has 2 rings (SSSR count).